The number of esters is 1. The molecule has 0 heterocycles. The summed E-state index contributed by atoms with van der Waals surface area (Å²) in [6, 6.07) is 4.16. The monoisotopic (exact) mass is 299 g/mol. The summed E-state index contributed by atoms with van der Waals surface area (Å²) >= 11 is 3.23. The van der Waals surface area contributed by atoms with Crippen LogP contribution < -0.4 is 11.2 Å². The first-order valence-electron chi connectivity index (χ1n) is 4.51. The number of hydrogen-bond donors (Lipinski definition) is 2. The van der Waals surface area contributed by atoms with Crippen LogP contribution in [0.15, 0.2) is 27.8 Å². The Morgan fingerprint density at radius 3 is 2.76 bits per heavy atom. The number of hydrogen-bond acceptors (Lipinski definition) is 4. The van der Waals surface area contributed by atoms with Crippen molar-refractivity contribution >= 4 is 34.1 Å². The summed E-state index contributed by atoms with van der Waals surface area (Å²) in [5.41, 5.74) is 8.00. The number of ether oxygens (including phenoxy) is 1. The van der Waals surface area contributed by atoms with Gasteiger partial charge in [-0.15, -0.1) is 0 Å². The number of nitrogens with two attached hydrogens (primary N) is 1. The minimum Gasteiger partial charge on any atom is -0.465 e. The molecule has 0 fully saturated rings. The molecule has 0 aliphatic heterocycles. The normalized spacial score (nSPS) is 10.2. The van der Waals surface area contributed by atoms with E-state index in [1.54, 1.807) is 18.2 Å². The Morgan fingerprint density at radius 2 is 2.24 bits per heavy atom. The lowest BCUT2D eigenvalue weighted by Gasteiger charge is -2.02. The van der Waals surface area contributed by atoms with Gasteiger partial charge in [0.05, 0.1) is 18.9 Å². The minimum atomic E-state index is -0.744. The van der Waals surface area contributed by atoms with E-state index in [0.717, 1.165) is 0 Å². The zero-order valence-electron chi connectivity index (χ0n) is 8.94. The van der Waals surface area contributed by atoms with Crippen LogP contribution in [-0.4, -0.2) is 25.3 Å². The Hall–Kier alpha value is -1.89. The number of hydrazone groups is 1. The first-order valence-corrected chi connectivity index (χ1v) is 5.30. The van der Waals surface area contributed by atoms with Crippen molar-refractivity contribution in [1.29, 1.82) is 0 Å². The Balaban J connectivity index is 2.85. The molecule has 0 spiro atoms. The van der Waals surface area contributed by atoms with Crippen LogP contribution in [0, 0.1) is 0 Å². The summed E-state index contributed by atoms with van der Waals surface area (Å²) < 4.78 is 5.17. The van der Waals surface area contributed by atoms with Crippen molar-refractivity contribution in [1.82, 2.24) is 5.43 Å². The van der Waals surface area contributed by atoms with Gasteiger partial charge in [-0.1, -0.05) is 6.07 Å². The molecule has 0 saturated carbocycles. The number of nitrogens with one attached hydrogen (secondary N) is 1. The predicted octanol–water partition coefficient (Wildman–Crippen LogP) is 1.24. The van der Waals surface area contributed by atoms with Crippen molar-refractivity contribution in [2.45, 2.75) is 0 Å². The first-order chi connectivity index (χ1) is 8.04. The maximum absolute atomic E-state index is 11.3. The number of halogens is 1. The quantitative estimate of drug-likeness (QED) is 0.499. The molecule has 0 radical (unpaired) electrons. The number of carbonyl (C=O) groups excluding carboxylic acids is 2. The maximum Gasteiger partial charge on any atom is 0.339 e. The molecule has 0 saturated heterocycles. The van der Waals surface area contributed by atoms with Crippen LogP contribution in [0.4, 0.5) is 4.79 Å². The third-order valence-corrected chi connectivity index (χ3v) is 2.44. The van der Waals surface area contributed by atoms with Gasteiger partial charge in [-0.2, -0.15) is 5.10 Å². The third-order valence-electron chi connectivity index (χ3n) is 1.79. The van der Waals surface area contributed by atoms with Gasteiger partial charge in [-0.3, -0.25) is 0 Å². The highest BCUT2D eigenvalue weighted by Gasteiger charge is 2.09. The zero-order chi connectivity index (χ0) is 12.8. The molecule has 90 valence electrons. The number of benzene rings is 1. The Labute approximate surface area is 106 Å². The van der Waals surface area contributed by atoms with Crippen LogP contribution >= 0.6 is 15.9 Å². The zero-order valence-corrected chi connectivity index (χ0v) is 10.5. The number of methoxy groups -OCH3 is 1. The summed E-state index contributed by atoms with van der Waals surface area (Å²) in [5, 5.41) is 3.59. The van der Waals surface area contributed by atoms with Crippen LogP contribution in [0.1, 0.15) is 15.9 Å². The second-order valence-corrected chi connectivity index (χ2v) is 3.82. The molecule has 17 heavy (non-hydrogen) atoms. The minimum absolute atomic E-state index is 0.410. The molecule has 0 aliphatic rings. The fraction of sp³-hybridized carbons (Fsp3) is 0.100. The number of rotatable bonds is 3. The molecule has 0 aromatic heterocycles. The van der Waals surface area contributed by atoms with Gasteiger partial charge in [-0.05, 0) is 33.6 Å². The molecule has 2 amide bonds. The third kappa shape index (κ3) is 3.87. The number of primary amides is 1. The van der Waals surface area contributed by atoms with Gasteiger partial charge in [0, 0.05) is 4.47 Å². The molecule has 0 unspecified atom stereocenters. The molecule has 1 aromatic carbocycles. The van der Waals surface area contributed by atoms with Gasteiger partial charge in [0.15, 0.2) is 0 Å². The molecule has 1 aromatic rings. The molecular formula is C10H10BrN3O3. The molecule has 6 nitrogen and oxygen atoms in total. The highest BCUT2D eigenvalue weighted by Crippen LogP contribution is 2.18. The van der Waals surface area contributed by atoms with Gasteiger partial charge < -0.3 is 10.5 Å². The topological polar surface area (TPSA) is 93.8 Å². The van der Waals surface area contributed by atoms with E-state index in [-0.39, 0.29) is 0 Å². The fourth-order valence-electron chi connectivity index (χ4n) is 1.06. The van der Waals surface area contributed by atoms with Gasteiger partial charge in [0.2, 0.25) is 0 Å². The van der Waals surface area contributed by atoms with Crippen LogP contribution in [-0.2, 0) is 4.74 Å². The van der Waals surface area contributed by atoms with E-state index < -0.39 is 12.0 Å². The Morgan fingerprint density at radius 1 is 1.53 bits per heavy atom. The average molecular weight is 300 g/mol. The SMILES string of the molecule is COC(=O)c1ccc(C=NNC(N)=O)cc1Br. The van der Waals surface area contributed by atoms with E-state index >= 15 is 0 Å². The number of carbonyl (C=O) groups is 2. The number of urea groups is 1. The molecule has 7 heteroatoms. The van der Waals surface area contributed by atoms with Gasteiger partial charge in [0.1, 0.15) is 0 Å². The summed E-state index contributed by atoms with van der Waals surface area (Å²) in [6.45, 7) is 0. The predicted molar refractivity (Wildman–Crippen MR) is 65.8 cm³/mol. The summed E-state index contributed by atoms with van der Waals surface area (Å²) in [4.78, 5) is 21.7. The molecule has 1 rings (SSSR count). The fourth-order valence-corrected chi connectivity index (χ4v) is 1.62. The molecular weight excluding hydrogens is 290 g/mol. The smallest absolute Gasteiger partial charge is 0.339 e. The van der Waals surface area contributed by atoms with E-state index in [9.17, 15) is 9.59 Å². The Kier molecular flexibility index (Phi) is 4.65. The Bertz CT molecular complexity index is 474. The van der Waals surface area contributed by atoms with Crippen LogP contribution in [0.5, 0.6) is 0 Å². The summed E-state index contributed by atoms with van der Waals surface area (Å²) in [5.74, 6) is -0.435. The second kappa shape index (κ2) is 6.00. The van der Waals surface area contributed by atoms with Crippen LogP contribution in [0.25, 0.3) is 0 Å². The van der Waals surface area contributed by atoms with Gasteiger partial charge in [-0.25, -0.2) is 15.0 Å². The number of nitrogens with zero attached hydrogens (tertiary/aromatic N) is 1. The maximum atomic E-state index is 11.3. The van der Waals surface area contributed by atoms with Crippen molar-refractivity contribution < 1.29 is 14.3 Å². The average Bonchev–Trinajstić information content (AvgIpc) is 2.28. The molecule has 0 atom stereocenters. The van der Waals surface area contributed by atoms with Crippen molar-refractivity contribution in [3.8, 4) is 0 Å². The molecule has 0 aliphatic carbocycles. The van der Waals surface area contributed by atoms with E-state index in [1.165, 1.54) is 13.3 Å². The first kappa shape index (κ1) is 13.2. The summed E-state index contributed by atoms with van der Waals surface area (Å²) in [7, 11) is 1.31. The molecule has 3 N–H and O–H groups in total. The van der Waals surface area contributed by atoms with Crippen molar-refractivity contribution in [2.75, 3.05) is 7.11 Å². The lowest BCUT2D eigenvalue weighted by atomic mass is 10.1. The highest BCUT2D eigenvalue weighted by molar-refractivity contribution is 9.10. The van der Waals surface area contributed by atoms with Gasteiger partial charge in [0.25, 0.3) is 0 Å². The summed E-state index contributed by atoms with van der Waals surface area (Å²) in [6.07, 6.45) is 1.40. The van der Waals surface area contributed by atoms with E-state index in [0.29, 0.717) is 15.6 Å². The van der Waals surface area contributed by atoms with Crippen LogP contribution in [0.3, 0.4) is 0 Å². The van der Waals surface area contributed by atoms with Crippen molar-refractivity contribution in [3.05, 3.63) is 33.8 Å². The molecule has 0 bridgehead atoms. The lowest BCUT2D eigenvalue weighted by Crippen LogP contribution is -2.24. The van der Waals surface area contributed by atoms with Gasteiger partial charge >= 0.3 is 12.0 Å². The standard InChI is InChI=1S/C10H10BrN3O3/c1-17-9(15)7-3-2-6(4-8(7)11)5-13-14-10(12)16/h2-5H,1H3,(H3,12,14,16). The van der Waals surface area contributed by atoms with Crippen molar-refractivity contribution in [2.24, 2.45) is 10.8 Å². The second-order valence-electron chi connectivity index (χ2n) is 2.97. The largest absolute Gasteiger partial charge is 0.465 e. The van der Waals surface area contributed by atoms with E-state index in [4.69, 9.17) is 5.73 Å². The number of amides is 2. The van der Waals surface area contributed by atoms with Crippen molar-refractivity contribution in [3.63, 3.8) is 0 Å². The lowest BCUT2D eigenvalue weighted by molar-refractivity contribution is 0.0599. The highest BCUT2D eigenvalue weighted by atomic mass is 79.9. The van der Waals surface area contributed by atoms with E-state index in [1.807, 2.05) is 0 Å². The van der Waals surface area contributed by atoms with E-state index in [2.05, 4.69) is 31.2 Å². The van der Waals surface area contributed by atoms with Crippen LogP contribution in [0.2, 0.25) is 0 Å².